The quantitative estimate of drug-likeness (QED) is 0.350. The molecule has 0 bridgehead atoms. The van der Waals surface area contributed by atoms with E-state index in [1.54, 1.807) is 0 Å². The Labute approximate surface area is 173 Å². The predicted molar refractivity (Wildman–Crippen MR) is 121 cm³/mol. The molecule has 0 aromatic heterocycles. The van der Waals surface area contributed by atoms with Gasteiger partial charge in [-0.3, -0.25) is 14.9 Å². The minimum atomic E-state index is -0.595. The third kappa shape index (κ3) is 6.46. The van der Waals surface area contributed by atoms with Crippen molar-refractivity contribution < 1.29 is 9.59 Å². The highest BCUT2D eigenvalue weighted by molar-refractivity contribution is 6.05. The SMILES string of the molecule is C=C/C=C(\C(=C/C)C(C)(C)CCC)C(C)(C)CCC1(C)CC(=O)NC1=O.CC. The van der Waals surface area contributed by atoms with E-state index in [2.05, 4.69) is 65.6 Å². The molecule has 0 spiro atoms. The van der Waals surface area contributed by atoms with Crippen molar-refractivity contribution >= 4 is 11.8 Å². The summed E-state index contributed by atoms with van der Waals surface area (Å²) in [6, 6.07) is 0. The number of hydrogen-bond acceptors (Lipinski definition) is 2. The second-order valence-corrected chi connectivity index (χ2v) is 9.15. The summed E-state index contributed by atoms with van der Waals surface area (Å²) >= 11 is 0. The number of allylic oxidation sites excluding steroid dienone is 5. The molecule has 3 nitrogen and oxygen atoms in total. The van der Waals surface area contributed by atoms with Crippen LogP contribution < -0.4 is 5.32 Å². The first-order chi connectivity index (χ1) is 12.9. The monoisotopic (exact) mass is 389 g/mol. The van der Waals surface area contributed by atoms with Crippen LogP contribution in [0.3, 0.4) is 0 Å². The summed E-state index contributed by atoms with van der Waals surface area (Å²) in [5.41, 5.74) is 2.00. The van der Waals surface area contributed by atoms with E-state index >= 15 is 0 Å². The molecular formula is C25H43NO2. The molecule has 160 valence electrons. The third-order valence-electron chi connectivity index (χ3n) is 5.85. The van der Waals surface area contributed by atoms with E-state index in [9.17, 15) is 9.59 Å². The fourth-order valence-electron chi connectivity index (χ4n) is 4.15. The number of amides is 2. The fraction of sp³-hybridized carbons (Fsp3) is 0.680. The zero-order chi connectivity index (χ0) is 22.2. The average Bonchev–Trinajstić information content (AvgIpc) is 2.87. The highest BCUT2D eigenvalue weighted by Crippen LogP contribution is 2.47. The maximum absolute atomic E-state index is 12.2. The van der Waals surface area contributed by atoms with Crippen LogP contribution in [0.5, 0.6) is 0 Å². The summed E-state index contributed by atoms with van der Waals surface area (Å²) in [6.07, 6.45) is 10.3. The van der Waals surface area contributed by atoms with Gasteiger partial charge >= 0.3 is 0 Å². The van der Waals surface area contributed by atoms with E-state index in [0.29, 0.717) is 12.8 Å². The topological polar surface area (TPSA) is 46.2 Å². The van der Waals surface area contributed by atoms with Gasteiger partial charge in [-0.2, -0.15) is 0 Å². The van der Waals surface area contributed by atoms with E-state index in [1.165, 1.54) is 11.1 Å². The second-order valence-electron chi connectivity index (χ2n) is 9.15. The molecule has 1 N–H and O–H groups in total. The highest BCUT2D eigenvalue weighted by atomic mass is 16.2. The van der Waals surface area contributed by atoms with E-state index in [4.69, 9.17) is 0 Å². The van der Waals surface area contributed by atoms with Crippen LogP contribution in [0, 0.1) is 16.2 Å². The number of carbonyl (C=O) groups excluding carboxylic acids is 2. The molecule has 1 fully saturated rings. The first-order valence-electron chi connectivity index (χ1n) is 10.8. The second kappa shape index (κ2) is 10.8. The molecule has 0 saturated carbocycles. The molecule has 0 radical (unpaired) electrons. The molecular weight excluding hydrogens is 346 g/mol. The van der Waals surface area contributed by atoms with E-state index < -0.39 is 5.41 Å². The lowest BCUT2D eigenvalue weighted by atomic mass is 9.66. The predicted octanol–water partition coefficient (Wildman–Crippen LogP) is 6.76. The van der Waals surface area contributed by atoms with E-state index in [0.717, 1.165) is 19.3 Å². The Hall–Kier alpha value is -1.64. The number of rotatable bonds is 9. The number of carbonyl (C=O) groups is 2. The van der Waals surface area contributed by atoms with Gasteiger partial charge in [-0.1, -0.05) is 86.6 Å². The molecule has 1 atom stereocenters. The Kier molecular flexibility index (Phi) is 10.2. The van der Waals surface area contributed by atoms with Gasteiger partial charge in [-0.15, -0.1) is 0 Å². The summed E-state index contributed by atoms with van der Waals surface area (Å²) in [7, 11) is 0. The Bertz CT molecular complexity index is 622. The smallest absolute Gasteiger partial charge is 0.233 e. The lowest BCUT2D eigenvalue weighted by Crippen LogP contribution is -2.31. The summed E-state index contributed by atoms with van der Waals surface area (Å²) in [6.45, 7) is 23.2. The minimum Gasteiger partial charge on any atom is -0.296 e. The Morgan fingerprint density at radius 2 is 1.64 bits per heavy atom. The molecule has 1 saturated heterocycles. The Morgan fingerprint density at radius 3 is 2.04 bits per heavy atom. The van der Waals surface area contributed by atoms with Gasteiger partial charge in [0.1, 0.15) is 0 Å². The molecule has 0 aromatic carbocycles. The summed E-state index contributed by atoms with van der Waals surface area (Å²) in [4.78, 5) is 23.8. The molecule has 1 heterocycles. The van der Waals surface area contributed by atoms with Gasteiger partial charge in [-0.05, 0) is 48.2 Å². The average molecular weight is 390 g/mol. The minimum absolute atomic E-state index is 0.0835. The van der Waals surface area contributed by atoms with Crippen molar-refractivity contribution in [1.29, 1.82) is 0 Å². The van der Waals surface area contributed by atoms with Crippen LogP contribution in [-0.2, 0) is 9.59 Å². The molecule has 1 rings (SSSR count). The van der Waals surface area contributed by atoms with Crippen molar-refractivity contribution in [3.05, 3.63) is 36.0 Å². The molecule has 1 aliphatic rings. The summed E-state index contributed by atoms with van der Waals surface area (Å²) in [5.74, 6) is -0.291. The molecule has 2 amide bonds. The standard InChI is InChI=1S/C23H37NO2.C2H6/c1-9-12-18(17(11-3)21(4,5)13-10-2)22(6,7)14-15-23(8)16-19(25)24-20(23)26;1-2/h9,11-12H,1,10,13-16H2,2-8H3,(H,24,25,26);1-2H3/b17-11+,18-12+;. The van der Waals surface area contributed by atoms with Crippen molar-refractivity contribution in [2.24, 2.45) is 16.2 Å². The maximum atomic E-state index is 12.2. The Morgan fingerprint density at radius 1 is 1.11 bits per heavy atom. The first-order valence-corrected chi connectivity index (χ1v) is 10.8. The van der Waals surface area contributed by atoms with Crippen LogP contribution >= 0.6 is 0 Å². The van der Waals surface area contributed by atoms with Gasteiger partial charge in [0.25, 0.3) is 0 Å². The van der Waals surface area contributed by atoms with Gasteiger partial charge in [0.15, 0.2) is 0 Å². The van der Waals surface area contributed by atoms with Crippen molar-refractivity contribution in [1.82, 2.24) is 5.32 Å². The first kappa shape index (κ1) is 26.4. The van der Waals surface area contributed by atoms with Gasteiger partial charge in [-0.25, -0.2) is 0 Å². The molecule has 0 aromatic rings. The van der Waals surface area contributed by atoms with Gasteiger partial charge in [0.2, 0.25) is 11.8 Å². The van der Waals surface area contributed by atoms with Crippen LogP contribution in [0.15, 0.2) is 36.0 Å². The molecule has 28 heavy (non-hydrogen) atoms. The zero-order valence-electron chi connectivity index (χ0n) is 19.8. The zero-order valence-corrected chi connectivity index (χ0v) is 19.8. The normalized spacial score (nSPS) is 21.2. The van der Waals surface area contributed by atoms with Gasteiger partial charge in [0, 0.05) is 6.42 Å². The van der Waals surface area contributed by atoms with Crippen molar-refractivity contribution in [2.75, 3.05) is 0 Å². The number of nitrogens with one attached hydrogen (secondary N) is 1. The van der Waals surface area contributed by atoms with E-state index in [-0.39, 0.29) is 22.6 Å². The molecule has 1 unspecified atom stereocenters. The van der Waals surface area contributed by atoms with Crippen molar-refractivity contribution in [2.45, 2.75) is 94.4 Å². The third-order valence-corrected chi connectivity index (χ3v) is 5.85. The van der Waals surface area contributed by atoms with Crippen LogP contribution in [0.25, 0.3) is 0 Å². The molecule has 3 heteroatoms. The highest BCUT2D eigenvalue weighted by Gasteiger charge is 2.43. The van der Waals surface area contributed by atoms with Crippen LogP contribution in [0.4, 0.5) is 0 Å². The summed E-state index contributed by atoms with van der Waals surface area (Å²) in [5, 5.41) is 2.45. The van der Waals surface area contributed by atoms with Crippen molar-refractivity contribution in [3.63, 3.8) is 0 Å². The maximum Gasteiger partial charge on any atom is 0.233 e. The number of hydrogen-bond donors (Lipinski definition) is 1. The van der Waals surface area contributed by atoms with Gasteiger partial charge < -0.3 is 0 Å². The molecule has 0 aliphatic carbocycles. The van der Waals surface area contributed by atoms with Gasteiger partial charge in [0.05, 0.1) is 5.41 Å². The molecule has 1 aliphatic heterocycles. The lowest BCUT2D eigenvalue weighted by Gasteiger charge is -2.38. The Balaban J connectivity index is 0.00000352. The largest absolute Gasteiger partial charge is 0.296 e. The number of imide groups is 1. The lowest BCUT2D eigenvalue weighted by molar-refractivity contribution is -0.128. The van der Waals surface area contributed by atoms with Crippen LogP contribution in [-0.4, -0.2) is 11.8 Å². The fourth-order valence-corrected chi connectivity index (χ4v) is 4.15. The van der Waals surface area contributed by atoms with E-state index in [1.807, 2.05) is 26.8 Å². The summed E-state index contributed by atoms with van der Waals surface area (Å²) < 4.78 is 0. The van der Waals surface area contributed by atoms with Crippen LogP contribution in [0.1, 0.15) is 94.4 Å². The van der Waals surface area contributed by atoms with Crippen molar-refractivity contribution in [3.8, 4) is 0 Å². The van der Waals surface area contributed by atoms with Crippen LogP contribution in [0.2, 0.25) is 0 Å².